The van der Waals surface area contributed by atoms with E-state index in [-0.39, 0.29) is 6.03 Å². The summed E-state index contributed by atoms with van der Waals surface area (Å²) < 4.78 is 5.33. The van der Waals surface area contributed by atoms with Crippen LogP contribution in [0.5, 0.6) is 0 Å². The van der Waals surface area contributed by atoms with Gasteiger partial charge in [-0.15, -0.1) is 0 Å². The molecule has 1 rings (SSSR count). The van der Waals surface area contributed by atoms with Crippen LogP contribution < -0.4 is 5.32 Å². The first-order chi connectivity index (χ1) is 9.52. The maximum Gasteiger partial charge on any atom is 0.329 e. The van der Waals surface area contributed by atoms with Gasteiger partial charge in [-0.2, -0.15) is 0 Å². The van der Waals surface area contributed by atoms with Crippen molar-refractivity contribution >= 4 is 12.0 Å². The Labute approximate surface area is 120 Å². The van der Waals surface area contributed by atoms with Gasteiger partial charge in [-0.1, -0.05) is 6.92 Å². The predicted molar refractivity (Wildman–Crippen MR) is 75.7 cm³/mol. The van der Waals surface area contributed by atoms with Gasteiger partial charge in [0.2, 0.25) is 0 Å². The number of ether oxygens (including phenoxy) is 1. The number of carbonyl (C=O) groups is 2. The number of aliphatic carboxylic acids is 1. The summed E-state index contributed by atoms with van der Waals surface area (Å²) in [6, 6.07) is -0.287. The van der Waals surface area contributed by atoms with Crippen molar-refractivity contribution in [2.24, 2.45) is 0 Å². The predicted octanol–water partition coefficient (Wildman–Crippen LogP) is 1.84. The van der Waals surface area contributed by atoms with Gasteiger partial charge in [0.25, 0.3) is 0 Å². The molecular weight excluding hydrogens is 260 g/mol. The minimum Gasteiger partial charge on any atom is -0.480 e. The van der Waals surface area contributed by atoms with Crippen LogP contribution in [0.4, 0.5) is 4.79 Å². The lowest BCUT2D eigenvalue weighted by molar-refractivity contribution is -0.150. The lowest BCUT2D eigenvalue weighted by atomic mass is 9.89. The van der Waals surface area contributed by atoms with E-state index >= 15 is 0 Å². The van der Waals surface area contributed by atoms with Gasteiger partial charge in [0.1, 0.15) is 5.54 Å². The van der Waals surface area contributed by atoms with Crippen molar-refractivity contribution < 1.29 is 19.4 Å². The first-order valence-corrected chi connectivity index (χ1v) is 7.39. The van der Waals surface area contributed by atoms with E-state index in [1.54, 1.807) is 6.92 Å². The molecule has 0 bridgehead atoms. The summed E-state index contributed by atoms with van der Waals surface area (Å²) in [5.74, 6) is -0.932. The van der Waals surface area contributed by atoms with Gasteiger partial charge in [-0.3, -0.25) is 0 Å². The lowest BCUT2D eigenvalue weighted by Crippen LogP contribution is -2.60. The Bertz CT molecular complexity index is 335. The van der Waals surface area contributed by atoms with Crippen molar-refractivity contribution in [2.75, 3.05) is 26.3 Å². The van der Waals surface area contributed by atoms with Gasteiger partial charge < -0.3 is 20.1 Å². The average molecular weight is 286 g/mol. The van der Waals surface area contributed by atoms with Crippen LogP contribution >= 0.6 is 0 Å². The van der Waals surface area contributed by atoms with Crippen molar-refractivity contribution in [1.82, 2.24) is 10.2 Å². The van der Waals surface area contributed by atoms with Crippen molar-refractivity contribution in [3.05, 3.63) is 0 Å². The zero-order valence-electron chi connectivity index (χ0n) is 12.5. The fourth-order valence-electron chi connectivity index (χ4n) is 2.38. The molecular formula is C14H26N2O4. The van der Waals surface area contributed by atoms with Gasteiger partial charge in [0.15, 0.2) is 0 Å². The highest BCUT2D eigenvalue weighted by Crippen LogP contribution is 2.28. The van der Waals surface area contributed by atoms with Crippen LogP contribution in [-0.2, 0) is 9.53 Å². The SMILES string of the molecule is CCCOCCCNC(=O)N1CCCCC1(C)C(=O)O. The third kappa shape index (κ3) is 4.37. The first-order valence-electron chi connectivity index (χ1n) is 7.39. The number of nitrogens with zero attached hydrogens (tertiary/aromatic N) is 1. The van der Waals surface area contributed by atoms with Crippen molar-refractivity contribution in [1.29, 1.82) is 0 Å². The van der Waals surface area contributed by atoms with Crippen LogP contribution in [0.25, 0.3) is 0 Å². The molecule has 6 nitrogen and oxygen atoms in total. The zero-order valence-corrected chi connectivity index (χ0v) is 12.5. The third-order valence-corrected chi connectivity index (χ3v) is 3.69. The van der Waals surface area contributed by atoms with Gasteiger partial charge in [-0.25, -0.2) is 9.59 Å². The number of carboxylic acids is 1. The summed E-state index contributed by atoms with van der Waals surface area (Å²) >= 11 is 0. The number of piperidine rings is 1. The van der Waals surface area contributed by atoms with Crippen LogP contribution in [0.3, 0.4) is 0 Å². The molecule has 2 amide bonds. The van der Waals surface area contributed by atoms with Crippen LogP contribution in [0.1, 0.15) is 46.0 Å². The first kappa shape index (κ1) is 16.8. The number of carboxylic acid groups (broad SMARTS) is 1. The van der Waals surface area contributed by atoms with E-state index in [1.165, 1.54) is 4.90 Å². The number of likely N-dealkylation sites (tertiary alicyclic amines) is 1. The second-order valence-electron chi connectivity index (χ2n) is 5.39. The normalized spacial score (nSPS) is 22.6. The Balaban J connectivity index is 2.38. The summed E-state index contributed by atoms with van der Waals surface area (Å²) in [4.78, 5) is 25.0. The number of hydrogen-bond acceptors (Lipinski definition) is 3. The molecule has 1 aliphatic rings. The quantitative estimate of drug-likeness (QED) is 0.700. The van der Waals surface area contributed by atoms with E-state index in [1.807, 2.05) is 6.92 Å². The number of nitrogens with one attached hydrogen (secondary N) is 1. The van der Waals surface area contributed by atoms with E-state index < -0.39 is 11.5 Å². The molecule has 1 heterocycles. The molecule has 0 aromatic carbocycles. The molecule has 0 aromatic rings. The zero-order chi connectivity index (χ0) is 15.0. The lowest BCUT2D eigenvalue weighted by Gasteiger charge is -2.41. The highest BCUT2D eigenvalue weighted by molar-refractivity contribution is 5.86. The summed E-state index contributed by atoms with van der Waals surface area (Å²) in [6.45, 7) is 6.03. The van der Waals surface area contributed by atoms with Gasteiger partial charge in [0.05, 0.1) is 0 Å². The van der Waals surface area contributed by atoms with E-state index in [9.17, 15) is 14.7 Å². The van der Waals surface area contributed by atoms with E-state index in [0.717, 1.165) is 32.3 Å². The molecule has 1 atom stereocenters. The Morgan fingerprint density at radius 1 is 1.35 bits per heavy atom. The molecule has 116 valence electrons. The van der Waals surface area contributed by atoms with Gasteiger partial charge in [0, 0.05) is 26.3 Å². The van der Waals surface area contributed by atoms with E-state index in [0.29, 0.717) is 26.1 Å². The maximum atomic E-state index is 12.1. The van der Waals surface area contributed by atoms with Crippen LogP contribution in [-0.4, -0.2) is 53.8 Å². The Kier molecular flexibility index (Phi) is 6.78. The smallest absolute Gasteiger partial charge is 0.329 e. The van der Waals surface area contributed by atoms with E-state index in [2.05, 4.69) is 5.32 Å². The largest absolute Gasteiger partial charge is 0.480 e. The average Bonchev–Trinajstić information content (AvgIpc) is 2.42. The molecule has 1 aliphatic heterocycles. The van der Waals surface area contributed by atoms with Crippen LogP contribution in [0, 0.1) is 0 Å². The highest BCUT2D eigenvalue weighted by Gasteiger charge is 2.43. The Morgan fingerprint density at radius 2 is 2.10 bits per heavy atom. The second kappa shape index (κ2) is 8.09. The molecule has 6 heteroatoms. The second-order valence-corrected chi connectivity index (χ2v) is 5.39. The Morgan fingerprint density at radius 3 is 2.75 bits per heavy atom. The number of rotatable bonds is 7. The topological polar surface area (TPSA) is 78.9 Å². The summed E-state index contributed by atoms with van der Waals surface area (Å²) in [7, 11) is 0. The molecule has 0 aromatic heterocycles. The van der Waals surface area contributed by atoms with Crippen molar-refractivity contribution in [3.8, 4) is 0 Å². The molecule has 0 aliphatic carbocycles. The standard InChI is InChI=1S/C14H26N2O4/c1-3-10-20-11-6-8-15-13(19)16-9-5-4-7-14(16,2)12(17)18/h3-11H2,1-2H3,(H,15,19)(H,17,18). The third-order valence-electron chi connectivity index (χ3n) is 3.69. The number of hydrogen-bond donors (Lipinski definition) is 2. The molecule has 0 radical (unpaired) electrons. The summed E-state index contributed by atoms with van der Waals surface area (Å²) in [5, 5.41) is 12.1. The summed E-state index contributed by atoms with van der Waals surface area (Å²) in [5.41, 5.74) is -1.08. The summed E-state index contributed by atoms with van der Waals surface area (Å²) in [6.07, 6.45) is 3.93. The number of urea groups is 1. The number of carbonyl (C=O) groups excluding carboxylic acids is 1. The monoisotopic (exact) mass is 286 g/mol. The number of amides is 2. The minimum absolute atomic E-state index is 0.287. The van der Waals surface area contributed by atoms with E-state index in [4.69, 9.17) is 4.74 Å². The minimum atomic E-state index is -1.08. The van der Waals surface area contributed by atoms with Gasteiger partial charge in [-0.05, 0) is 39.0 Å². The molecule has 1 fully saturated rings. The van der Waals surface area contributed by atoms with Crippen molar-refractivity contribution in [3.63, 3.8) is 0 Å². The van der Waals surface area contributed by atoms with Crippen LogP contribution in [0.2, 0.25) is 0 Å². The molecule has 1 saturated heterocycles. The maximum absolute atomic E-state index is 12.1. The highest BCUT2D eigenvalue weighted by atomic mass is 16.5. The molecule has 2 N–H and O–H groups in total. The fraction of sp³-hybridized carbons (Fsp3) is 0.857. The van der Waals surface area contributed by atoms with Crippen molar-refractivity contribution in [2.45, 2.75) is 51.5 Å². The molecule has 20 heavy (non-hydrogen) atoms. The van der Waals surface area contributed by atoms with Crippen LogP contribution in [0.15, 0.2) is 0 Å². The molecule has 0 spiro atoms. The Hall–Kier alpha value is -1.30. The molecule has 1 unspecified atom stereocenters. The fourth-order valence-corrected chi connectivity index (χ4v) is 2.38. The molecule has 0 saturated carbocycles. The van der Waals surface area contributed by atoms with Gasteiger partial charge >= 0.3 is 12.0 Å².